The quantitative estimate of drug-likeness (QED) is 0.766. The van der Waals surface area contributed by atoms with E-state index in [0.717, 1.165) is 0 Å². The predicted octanol–water partition coefficient (Wildman–Crippen LogP) is 3.92. The Bertz CT molecular complexity index is 612. The van der Waals surface area contributed by atoms with Crippen LogP contribution in [0.2, 0.25) is 10.3 Å². The van der Waals surface area contributed by atoms with Crippen LogP contribution in [0, 0.1) is 0 Å². The molecule has 0 aliphatic carbocycles. The monoisotopic (exact) mass is 338 g/mol. The average Bonchev–Trinajstić information content (AvgIpc) is 2.08. The minimum Gasteiger partial charge on any atom is -0.442 e. The van der Waals surface area contributed by atoms with Crippen LogP contribution >= 0.6 is 23.2 Å². The molecule has 0 aliphatic rings. The first kappa shape index (κ1) is 17.2. The van der Waals surface area contributed by atoms with Gasteiger partial charge in [-0.1, -0.05) is 23.2 Å². The molecule has 0 N–H and O–H groups in total. The third kappa shape index (κ3) is 6.54. The van der Waals surface area contributed by atoms with E-state index in [0.29, 0.717) is 5.56 Å². The highest BCUT2D eigenvalue weighted by molar-refractivity contribution is 7.92. The topological polar surface area (TPSA) is 68.6 Å². The molecule has 0 spiro atoms. The summed E-state index contributed by atoms with van der Waals surface area (Å²) in [5, 5.41) is 0.389. The molecular formula is C12H16Cl2N2O3S. The number of pyridine rings is 1. The summed E-state index contributed by atoms with van der Waals surface area (Å²) in [7, 11) is -2.78. The molecule has 0 saturated heterocycles. The summed E-state index contributed by atoms with van der Waals surface area (Å²) in [4.78, 5) is 15.4. The number of hydrogen-bond donors (Lipinski definition) is 0. The highest BCUT2D eigenvalue weighted by Crippen LogP contribution is 2.17. The zero-order valence-electron chi connectivity index (χ0n) is 11.6. The van der Waals surface area contributed by atoms with E-state index in [-0.39, 0.29) is 16.1 Å². The Kier molecular flexibility index (Phi) is 5.40. The van der Waals surface area contributed by atoms with Gasteiger partial charge in [0.1, 0.15) is 15.9 Å². The van der Waals surface area contributed by atoms with Gasteiger partial charge < -0.3 is 4.74 Å². The molecule has 112 valence electrons. The molecule has 1 aromatic heterocycles. The van der Waals surface area contributed by atoms with E-state index in [1.54, 1.807) is 20.8 Å². The van der Waals surface area contributed by atoms with Crippen molar-refractivity contribution in [3.05, 3.63) is 28.0 Å². The molecular weight excluding hydrogens is 323 g/mol. The Balaban J connectivity index is 2.94. The number of nitrogens with zero attached hydrogens (tertiary/aromatic N) is 2. The van der Waals surface area contributed by atoms with Crippen LogP contribution in [0.25, 0.3) is 0 Å². The molecule has 1 aromatic rings. The molecule has 20 heavy (non-hydrogen) atoms. The molecule has 0 bridgehead atoms. The van der Waals surface area contributed by atoms with Crippen LogP contribution in [0.5, 0.6) is 0 Å². The van der Waals surface area contributed by atoms with Crippen LogP contribution in [0.1, 0.15) is 26.3 Å². The van der Waals surface area contributed by atoms with E-state index in [1.165, 1.54) is 18.4 Å². The van der Waals surface area contributed by atoms with Gasteiger partial charge in [-0.05, 0) is 38.5 Å². The summed E-state index contributed by atoms with van der Waals surface area (Å²) in [6, 6.07) is 3.06. The lowest BCUT2D eigenvalue weighted by Gasteiger charge is -2.17. The van der Waals surface area contributed by atoms with E-state index < -0.39 is 21.4 Å². The maximum Gasteiger partial charge on any atom is 0.442 e. The van der Waals surface area contributed by atoms with Crippen molar-refractivity contribution >= 4 is 39.0 Å². The molecule has 5 nitrogen and oxygen atoms in total. The Morgan fingerprint density at radius 2 is 1.85 bits per heavy atom. The van der Waals surface area contributed by atoms with Crippen molar-refractivity contribution in [3.63, 3.8) is 0 Å². The van der Waals surface area contributed by atoms with Crippen LogP contribution in [0.4, 0.5) is 4.79 Å². The lowest BCUT2D eigenvalue weighted by Crippen LogP contribution is -2.22. The van der Waals surface area contributed by atoms with Crippen LogP contribution in [0.15, 0.2) is 16.5 Å². The second kappa shape index (κ2) is 6.28. The highest BCUT2D eigenvalue weighted by atomic mass is 35.5. The molecule has 1 rings (SSSR count). The van der Waals surface area contributed by atoms with Gasteiger partial charge in [0.2, 0.25) is 0 Å². The Morgan fingerprint density at radius 1 is 1.35 bits per heavy atom. The molecule has 1 amide bonds. The van der Waals surface area contributed by atoms with Gasteiger partial charge in [-0.3, -0.25) is 0 Å². The fourth-order valence-corrected chi connectivity index (χ4v) is 3.09. The number of halogens is 2. The molecule has 1 atom stereocenters. The fourth-order valence-electron chi connectivity index (χ4n) is 1.38. The normalized spacial score (nSPS) is 14.5. The summed E-state index contributed by atoms with van der Waals surface area (Å²) < 4.78 is 20.9. The van der Waals surface area contributed by atoms with Crippen molar-refractivity contribution < 1.29 is 13.7 Å². The Labute approximate surface area is 128 Å². The molecule has 8 heteroatoms. The zero-order valence-corrected chi connectivity index (χ0v) is 14.0. The van der Waals surface area contributed by atoms with E-state index in [9.17, 15) is 9.00 Å². The van der Waals surface area contributed by atoms with Gasteiger partial charge in [0, 0.05) is 6.26 Å². The van der Waals surface area contributed by atoms with Crippen LogP contribution < -0.4 is 0 Å². The van der Waals surface area contributed by atoms with Gasteiger partial charge in [0.15, 0.2) is 0 Å². The van der Waals surface area contributed by atoms with Gasteiger partial charge in [-0.15, -0.1) is 4.36 Å². The smallest absolute Gasteiger partial charge is 0.442 e. The first-order chi connectivity index (χ1) is 8.97. The first-order valence-electron chi connectivity index (χ1n) is 5.72. The third-order valence-electron chi connectivity index (χ3n) is 1.92. The number of hydrogen-bond acceptors (Lipinski definition) is 4. The molecule has 0 radical (unpaired) electrons. The minimum absolute atomic E-state index is 0.0359. The van der Waals surface area contributed by atoms with Gasteiger partial charge in [-0.25, -0.2) is 14.0 Å². The van der Waals surface area contributed by atoms with Crippen LogP contribution in [-0.2, 0) is 20.2 Å². The second-order valence-corrected chi connectivity index (χ2v) is 8.46. The Morgan fingerprint density at radius 3 is 2.30 bits per heavy atom. The number of rotatable bonds is 2. The number of amides is 1. The van der Waals surface area contributed by atoms with Crippen molar-refractivity contribution in [1.29, 1.82) is 0 Å². The van der Waals surface area contributed by atoms with E-state index in [1.807, 2.05) is 0 Å². The number of carbonyl (C=O) groups is 1. The third-order valence-corrected chi connectivity index (χ3v) is 3.71. The van der Waals surface area contributed by atoms with E-state index >= 15 is 0 Å². The second-order valence-electron chi connectivity index (χ2n) is 5.30. The van der Waals surface area contributed by atoms with Gasteiger partial charge >= 0.3 is 6.09 Å². The lowest BCUT2D eigenvalue weighted by molar-refractivity contribution is 0.0607. The summed E-state index contributed by atoms with van der Waals surface area (Å²) in [6.07, 6.45) is 0.523. The fraction of sp³-hybridized carbons (Fsp3) is 0.500. The van der Waals surface area contributed by atoms with Gasteiger partial charge in [-0.2, -0.15) is 0 Å². The standard InChI is InChI=1S/C12H16Cl2N2O3S/c1-12(2,3)19-11(17)16-20(4,18)7-8-5-9(13)15-10(14)6-8/h5-6H,7H2,1-4H3. The summed E-state index contributed by atoms with van der Waals surface area (Å²) in [6.45, 7) is 5.13. The summed E-state index contributed by atoms with van der Waals surface area (Å²) in [5.74, 6) is 0.0359. The molecule has 1 unspecified atom stereocenters. The highest BCUT2D eigenvalue weighted by Gasteiger charge is 2.17. The summed E-state index contributed by atoms with van der Waals surface area (Å²) >= 11 is 11.5. The number of aromatic nitrogens is 1. The van der Waals surface area contributed by atoms with Crippen molar-refractivity contribution in [2.75, 3.05) is 6.26 Å². The predicted molar refractivity (Wildman–Crippen MR) is 80.7 cm³/mol. The van der Waals surface area contributed by atoms with Crippen LogP contribution in [-0.4, -0.2) is 27.1 Å². The van der Waals surface area contributed by atoms with E-state index in [4.69, 9.17) is 27.9 Å². The minimum atomic E-state index is -2.78. The van der Waals surface area contributed by atoms with Crippen molar-refractivity contribution in [2.45, 2.75) is 32.1 Å². The summed E-state index contributed by atoms with van der Waals surface area (Å²) in [5.41, 5.74) is -0.0887. The molecule has 1 heterocycles. The van der Waals surface area contributed by atoms with Gasteiger partial charge in [0.05, 0.1) is 15.5 Å². The molecule has 0 aromatic carbocycles. The Hall–Kier alpha value is -0.850. The number of ether oxygens (including phenoxy) is 1. The lowest BCUT2D eigenvalue weighted by atomic mass is 10.2. The first-order valence-corrected chi connectivity index (χ1v) is 8.56. The van der Waals surface area contributed by atoms with Crippen molar-refractivity contribution in [2.24, 2.45) is 4.36 Å². The van der Waals surface area contributed by atoms with E-state index in [2.05, 4.69) is 9.35 Å². The largest absolute Gasteiger partial charge is 0.442 e. The maximum absolute atomic E-state index is 12.3. The van der Waals surface area contributed by atoms with Crippen molar-refractivity contribution in [3.8, 4) is 0 Å². The van der Waals surface area contributed by atoms with Crippen LogP contribution in [0.3, 0.4) is 0 Å². The average molecular weight is 339 g/mol. The maximum atomic E-state index is 12.3. The number of carbonyl (C=O) groups excluding carboxylic acids is 1. The van der Waals surface area contributed by atoms with Crippen molar-refractivity contribution in [1.82, 2.24) is 4.98 Å². The molecule has 0 fully saturated rings. The zero-order chi connectivity index (χ0) is 15.6. The van der Waals surface area contributed by atoms with Gasteiger partial charge in [0.25, 0.3) is 0 Å². The SMILES string of the molecule is CC(C)(C)OC(=O)N=S(C)(=O)Cc1cc(Cl)nc(Cl)c1. The molecule has 0 aliphatic heterocycles. The molecule has 0 saturated carbocycles.